The van der Waals surface area contributed by atoms with Gasteiger partial charge in [0.25, 0.3) is 0 Å². The molecule has 1 atom stereocenters. The normalized spacial score (nSPS) is 26.5. The van der Waals surface area contributed by atoms with E-state index in [-0.39, 0.29) is 5.41 Å². The van der Waals surface area contributed by atoms with E-state index in [0.29, 0.717) is 6.10 Å². The minimum atomic E-state index is 0.153. The maximum absolute atomic E-state index is 5.66. The van der Waals surface area contributed by atoms with Crippen molar-refractivity contribution in [2.45, 2.75) is 39.2 Å². The summed E-state index contributed by atoms with van der Waals surface area (Å²) in [5.74, 6) is 0. The van der Waals surface area contributed by atoms with Gasteiger partial charge in [0.15, 0.2) is 0 Å². The fourth-order valence-electron chi connectivity index (χ4n) is 1.46. The van der Waals surface area contributed by atoms with E-state index in [9.17, 15) is 0 Å². The first kappa shape index (κ1) is 8.79. The van der Waals surface area contributed by atoms with Crippen LogP contribution >= 0.6 is 0 Å². The van der Waals surface area contributed by atoms with Crippen molar-refractivity contribution >= 4 is 0 Å². The summed E-state index contributed by atoms with van der Waals surface area (Å²) < 4.78 is 5.66. The number of hydrogen-bond acceptors (Lipinski definition) is 1. The van der Waals surface area contributed by atoms with Crippen LogP contribution in [0.4, 0.5) is 0 Å². The van der Waals surface area contributed by atoms with Gasteiger partial charge in [0.05, 0.1) is 6.10 Å². The van der Waals surface area contributed by atoms with E-state index in [1.54, 1.807) is 0 Å². The Morgan fingerprint density at radius 2 is 2.18 bits per heavy atom. The molecule has 64 valence electrons. The maximum atomic E-state index is 5.66. The van der Waals surface area contributed by atoms with Crippen LogP contribution in [0.1, 0.15) is 33.1 Å². The second-order valence-corrected chi connectivity index (χ2v) is 3.88. The lowest BCUT2D eigenvalue weighted by Gasteiger charge is -2.34. The third-order valence-corrected chi connectivity index (χ3v) is 2.54. The van der Waals surface area contributed by atoms with Crippen LogP contribution in [0.2, 0.25) is 0 Å². The lowest BCUT2D eigenvalue weighted by molar-refractivity contribution is -0.0365. The van der Waals surface area contributed by atoms with Gasteiger partial charge in [-0.05, 0) is 19.3 Å². The molecular formula is C10H18O. The Morgan fingerprint density at radius 3 is 2.64 bits per heavy atom. The molecule has 0 saturated carbocycles. The monoisotopic (exact) mass is 154 g/mol. The zero-order valence-corrected chi connectivity index (χ0v) is 7.60. The molecule has 0 N–H and O–H groups in total. The van der Waals surface area contributed by atoms with Gasteiger partial charge < -0.3 is 4.74 Å². The summed E-state index contributed by atoms with van der Waals surface area (Å²) in [6.45, 7) is 9.14. The highest BCUT2D eigenvalue weighted by atomic mass is 16.5. The van der Waals surface area contributed by atoms with Gasteiger partial charge in [0.1, 0.15) is 0 Å². The lowest BCUT2D eigenvalue weighted by Crippen LogP contribution is -2.33. The topological polar surface area (TPSA) is 9.23 Å². The van der Waals surface area contributed by atoms with Crippen molar-refractivity contribution in [2.24, 2.45) is 5.41 Å². The summed E-state index contributed by atoms with van der Waals surface area (Å²) in [6, 6.07) is 0. The summed E-state index contributed by atoms with van der Waals surface area (Å²) >= 11 is 0. The molecule has 1 nitrogen and oxygen atoms in total. The molecule has 0 aliphatic carbocycles. The van der Waals surface area contributed by atoms with Crippen molar-refractivity contribution in [1.29, 1.82) is 0 Å². The standard InChI is InChI=1S/C10H18O/c1-4-10(2,3)9-7-5-6-8-11-9/h4,9H,1,5-8H2,2-3H3. The highest BCUT2D eigenvalue weighted by Crippen LogP contribution is 2.30. The second kappa shape index (κ2) is 3.40. The molecule has 1 unspecified atom stereocenters. The minimum absolute atomic E-state index is 0.153. The molecule has 1 rings (SSSR count). The molecule has 1 heteroatoms. The third-order valence-electron chi connectivity index (χ3n) is 2.54. The average molecular weight is 154 g/mol. The Morgan fingerprint density at radius 1 is 1.45 bits per heavy atom. The van der Waals surface area contributed by atoms with Crippen molar-refractivity contribution in [1.82, 2.24) is 0 Å². The van der Waals surface area contributed by atoms with E-state index >= 15 is 0 Å². The van der Waals surface area contributed by atoms with Crippen molar-refractivity contribution in [3.05, 3.63) is 12.7 Å². The first-order valence-electron chi connectivity index (χ1n) is 4.42. The SMILES string of the molecule is C=CC(C)(C)C1CCCCO1. The van der Waals surface area contributed by atoms with Crippen LogP contribution in [0.15, 0.2) is 12.7 Å². The number of rotatable bonds is 2. The van der Waals surface area contributed by atoms with E-state index < -0.39 is 0 Å². The van der Waals surface area contributed by atoms with Crippen LogP contribution < -0.4 is 0 Å². The highest BCUT2D eigenvalue weighted by Gasteiger charge is 2.28. The summed E-state index contributed by atoms with van der Waals surface area (Å²) in [5.41, 5.74) is 0.153. The highest BCUT2D eigenvalue weighted by molar-refractivity contribution is 4.94. The van der Waals surface area contributed by atoms with Gasteiger partial charge in [-0.3, -0.25) is 0 Å². The summed E-state index contributed by atoms with van der Waals surface area (Å²) in [7, 11) is 0. The molecular weight excluding hydrogens is 136 g/mol. The van der Waals surface area contributed by atoms with E-state index in [2.05, 4.69) is 20.4 Å². The predicted octanol–water partition coefficient (Wildman–Crippen LogP) is 2.77. The van der Waals surface area contributed by atoms with E-state index in [4.69, 9.17) is 4.74 Å². The first-order chi connectivity index (χ1) is 5.17. The molecule has 0 aromatic carbocycles. The Hall–Kier alpha value is -0.300. The molecule has 1 saturated heterocycles. The van der Waals surface area contributed by atoms with Gasteiger partial charge in [-0.2, -0.15) is 0 Å². The van der Waals surface area contributed by atoms with Gasteiger partial charge in [0, 0.05) is 12.0 Å². The van der Waals surface area contributed by atoms with Crippen molar-refractivity contribution in [2.75, 3.05) is 6.61 Å². The Labute approximate surface area is 69.4 Å². The third kappa shape index (κ3) is 2.06. The Kier molecular flexibility index (Phi) is 2.72. The van der Waals surface area contributed by atoms with Crippen LogP contribution in [0.25, 0.3) is 0 Å². The fourth-order valence-corrected chi connectivity index (χ4v) is 1.46. The zero-order valence-electron chi connectivity index (χ0n) is 7.60. The molecule has 0 radical (unpaired) electrons. The second-order valence-electron chi connectivity index (χ2n) is 3.88. The van der Waals surface area contributed by atoms with Gasteiger partial charge in [0.2, 0.25) is 0 Å². The van der Waals surface area contributed by atoms with Crippen LogP contribution in [0.5, 0.6) is 0 Å². The molecule has 0 bridgehead atoms. The van der Waals surface area contributed by atoms with Gasteiger partial charge >= 0.3 is 0 Å². The van der Waals surface area contributed by atoms with Gasteiger partial charge in [-0.1, -0.05) is 19.9 Å². The van der Waals surface area contributed by atoms with Crippen molar-refractivity contribution < 1.29 is 4.74 Å². The zero-order chi connectivity index (χ0) is 8.32. The lowest BCUT2D eigenvalue weighted by atomic mass is 9.83. The quantitative estimate of drug-likeness (QED) is 0.556. The molecule has 0 aromatic heterocycles. The first-order valence-corrected chi connectivity index (χ1v) is 4.42. The van der Waals surface area contributed by atoms with Crippen molar-refractivity contribution in [3.63, 3.8) is 0 Å². The molecule has 1 heterocycles. The van der Waals surface area contributed by atoms with E-state index in [0.717, 1.165) is 6.61 Å². The number of ether oxygens (including phenoxy) is 1. The van der Waals surface area contributed by atoms with E-state index in [1.165, 1.54) is 19.3 Å². The van der Waals surface area contributed by atoms with Gasteiger partial charge in [-0.25, -0.2) is 0 Å². The van der Waals surface area contributed by atoms with Crippen LogP contribution in [0, 0.1) is 5.41 Å². The fraction of sp³-hybridized carbons (Fsp3) is 0.800. The summed E-state index contributed by atoms with van der Waals surface area (Å²) in [5, 5.41) is 0. The van der Waals surface area contributed by atoms with Crippen molar-refractivity contribution in [3.8, 4) is 0 Å². The maximum Gasteiger partial charge on any atom is 0.0660 e. The molecule has 1 fully saturated rings. The van der Waals surface area contributed by atoms with E-state index in [1.807, 2.05) is 6.08 Å². The van der Waals surface area contributed by atoms with Gasteiger partial charge in [-0.15, -0.1) is 6.58 Å². The Balaban J connectivity index is 2.50. The largest absolute Gasteiger partial charge is 0.377 e. The predicted molar refractivity (Wildman–Crippen MR) is 47.6 cm³/mol. The molecule has 1 aliphatic rings. The van der Waals surface area contributed by atoms with Crippen LogP contribution in [-0.2, 0) is 4.74 Å². The minimum Gasteiger partial charge on any atom is -0.377 e. The molecule has 0 amide bonds. The number of hydrogen-bond donors (Lipinski definition) is 0. The molecule has 1 aliphatic heterocycles. The summed E-state index contributed by atoms with van der Waals surface area (Å²) in [4.78, 5) is 0. The molecule has 0 aromatic rings. The average Bonchev–Trinajstić information content (AvgIpc) is 2.06. The van der Waals surface area contributed by atoms with Crippen LogP contribution in [-0.4, -0.2) is 12.7 Å². The summed E-state index contributed by atoms with van der Waals surface area (Å²) in [6.07, 6.45) is 6.13. The molecule has 0 spiro atoms. The molecule has 11 heavy (non-hydrogen) atoms. The van der Waals surface area contributed by atoms with Crippen LogP contribution in [0.3, 0.4) is 0 Å². The smallest absolute Gasteiger partial charge is 0.0660 e. The Bertz CT molecular complexity index is 132.